The lowest BCUT2D eigenvalue weighted by Gasteiger charge is -2.26. The second-order valence-electron chi connectivity index (χ2n) is 4.61. The lowest BCUT2D eigenvalue weighted by atomic mass is 10.00. The van der Waals surface area contributed by atoms with E-state index in [1.807, 2.05) is 18.3 Å². The molecule has 1 unspecified atom stereocenters. The highest BCUT2D eigenvalue weighted by Crippen LogP contribution is 2.32. The molecule has 1 aliphatic heterocycles. The number of halogens is 1. The van der Waals surface area contributed by atoms with Crippen LogP contribution >= 0.6 is 0 Å². The predicted octanol–water partition coefficient (Wildman–Crippen LogP) is 2.83. The van der Waals surface area contributed by atoms with Gasteiger partial charge in [-0.3, -0.25) is 4.98 Å². The summed E-state index contributed by atoms with van der Waals surface area (Å²) in [5.41, 5.74) is 2.02. The lowest BCUT2D eigenvalue weighted by molar-refractivity contribution is 0.251. The number of hydrogen-bond acceptors (Lipinski definition) is 3. The summed E-state index contributed by atoms with van der Waals surface area (Å²) >= 11 is 0. The third-order valence-corrected chi connectivity index (χ3v) is 3.29. The molecule has 19 heavy (non-hydrogen) atoms. The maximum atomic E-state index is 13.3. The normalized spacial score (nSPS) is 17.6. The number of ether oxygens (including phenoxy) is 1. The quantitative estimate of drug-likeness (QED) is 0.919. The number of pyridine rings is 1. The van der Waals surface area contributed by atoms with Gasteiger partial charge in [-0.15, -0.1) is 0 Å². The second-order valence-corrected chi connectivity index (χ2v) is 4.61. The number of fused-ring (bicyclic) bond motifs is 1. The van der Waals surface area contributed by atoms with E-state index < -0.39 is 0 Å². The molecule has 0 amide bonds. The topological polar surface area (TPSA) is 34.2 Å². The van der Waals surface area contributed by atoms with Crippen molar-refractivity contribution in [3.63, 3.8) is 0 Å². The van der Waals surface area contributed by atoms with Crippen LogP contribution < -0.4 is 10.1 Å². The summed E-state index contributed by atoms with van der Waals surface area (Å²) in [5, 5.41) is 3.43. The average Bonchev–Trinajstić information content (AvgIpc) is 2.46. The summed E-state index contributed by atoms with van der Waals surface area (Å²) in [6.45, 7) is 1.37. The Bertz CT molecular complexity index is 559. The summed E-state index contributed by atoms with van der Waals surface area (Å²) in [5.74, 6) is 0.550. The Morgan fingerprint density at radius 3 is 3.16 bits per heavy atom. The van der Waals surface area contributed by atoms with Gasteiger partial charge in [0.05, 0.1) is 6.61 Å². The van der Waals surface area contributed by atoms with Crippen LogP contribution in [-0.2, 0) is 6.54 Å². The molecular formula is C15H15FN2O. The third kappa shape index (κ3) is 2.74. The summed E-state index contributed by atoms with van der Waals surface area (Å²) < 4.78 is 18.9. The summed E-state index contributed by atoms with van der Waals surface area (Å²) in [7, 11) is 0. The highest BCUT2D eigenvalue weighted by atomic mass is 19.1. The SMILES string of the molecule is Fc1ccc2c(c1)C(NCc1cccnc1)CCO2. The molecule has 2 heterocycles. The van der Waals surface area contributed by atoms with E-state index in [1.54, 1.807) is 18.3 Å². The van der Waals surface area contributed by atoms with Gasteiger partial charge in [0.2, 0.25) is 0 Å². The van der Waals surface area contributed by atoms with E-state index >= 15 is 0 Å². The Labute approximate surface area is 111 Å². The van der Waals surface area contributed by atoms with Gasteiger partial charge in [0.1, 0.15) is 11.6 Å². The van der Waals surface area contributed by atoms with Gasteiger partial charge in [-0.1, -0.05) is 6.07 Å². The maximum Gasteiger partial charge on any atom is 0.124 e. The van der Waals surface area contributed by atoms with Gasteiger partial charge in [-0.2, -0.15) is 0 Å². The molecule has 1 N–H and O–H groups in total. The number of hydrogen-bond donors (Lipinski definition) is 1. The monoisotopic (exact) mass is 258 g/mol. The fourth-order valence-corrected chi connectivity index (χ4v) is 2.32. The number of nitrogens with one attached hydrogen (secondary N) is 1. The van der Waals surface area contributed by atoms with Crippen molar-refractivity contribution in [2.45, 2.75) is 19.0 Å². The van der Waals surface area contributed by atoms with E-state index in [0.717, 1.165) is 23.3 Å². The van der Waals surface area contributed by atoms with E-state index in [-0.39, 0.29) is 11.9 Å². The minimum absolute atomic E-state index is 0.125. The first-order chi connectivity index (χ1) is 9.33. The Morgan fingerprint density at radius 2 is 2.32 bits per heavy atom. The van der Waals surface area contributed by atoms with Crippen molar-refractivity contribution in [1.82, 2.24) is 10.3 Å². The Hall–Kier alpha value is -1.94. The van der Waals surface area contributed by atoms with Crippen LogP contribution in [-0.4, -0.2) is 11.6 Å². The van der Waals surface area contributed by atoms with Crippen LogP contribution in [0.3, 0.4) is 0 Å². The van der Waals surface area contributed by atoms with E-state index in [4.69, 9.17) is 4.74 Å². The molecule has 4 heteroatoms. The van der Waals surface area contributed by atoms with Gasteiger partial charge in [0.15, 0.2) is 0 Å². The van der Waals surface area contributed by atoms with E-state index in [9.17, 15) is 4.39 Å². The van der Waals surface area contributed by atoms with Crippen molar-refractivity contribution in [3.05, 3.63) is 59.7 Å². The summed E-state index contributed by atoms with van der Waals surface area (Å²) in [6.07, 6.45) is 4.43. The van der Waals surface area contributed by atoms with Crippen molar-refractivity contribution in [3.8, 4) is 5.75 Å². The first kappa shape index (κ1) is 12.1. The standard InChI is InChI=1S/C15H15FN2O/c16-12-3-4-15-13(8-12)14(5-7-19-15)18-10-11-2-1-6-17-9-11/h1-4,6,8-9,14,18H,5,7,10H2. The van der Waals surface area contributed by atoms with Gasteiger partial charge in [-0.05, 0) is 29.8 Å². The van der Waals surface area contributed by atoms with Gasteiger partial charge in [0, 0.05) is 37.0 Å². The molecule has 1 atom stereocenters. The molecule has 1 aliphatic rings. The molecule has 1 aromatic heterocycles. The third-order valence-electron chi connectivity index (χ3n) is 3.29. The highest BCUT2D eigenvalue weighted by molar-refractivity contribution is 5.38. The summed E-state index contributed by atoms with van der Waals surface area (Å²) in [4.78, 5) is 4.08. The molecule has 1 aromatic carbocycles. The molecule has 3 rings (SSSR count). The molecule has 0 spiro atoms. The number of nitrogens with zero attached hydrogens (tertiary/aromatic N) is 1. The molecule has 98 valence electrons. The van der Waals surface area contributed by atoms with Crippen molar-refractivity contribution in [2.24, 2.45) is 0 Å². The van der Waals surface area contributed by atoms with Crippen LogP contribution in [0.25, 0.3) is 0 Å². The predicted molar refractivity (Wildman–Crippen MR) is 70.3 cm³/mol. The van der Waals surface area contributed by atoms with Crippen LogP contribution in [0.4, 0.5) is 4.39 Å². The Kier molecular flexibility index (Phi) is 3.42. The van der Waals surface area contributed by atoms with Crippen LogP contribution in [0, 0.1) is 5.82 Å². The smallest absolute Gasteiger partial charge is 0.124 e. The Morgan fingerprint density at radius 1 is 1.37 bits per heavy atom. The number of rotatable bonds is 3. The highest BCUT2D eigenvalue weighted by Gasteiger charge is 2.21. The van der Waals surface area contributed by atoms with Crippen LogP contribution in [0.5, 0.6) is 5.75 Å². The second kappa shape index (κ2) is 5.36. The zero-order valence-electron chi connectivity index (χ0n) is 10.5. The van der Waals surface area contributed by atoms with Gasteiger partial charge >= 0.3 is 0 Å². The molecule has 2 aromatic rings. The Balaban J connectivity index is 1.75. The fourth-order valence-electron chi connectivity index (χ4n) is 2.32. The van der Waals surface area contributed by atoms with Gasteiger partial charge < -0.3 is 10.1 Å². The number of benzene rings is 1. The summed E-state index contributed by atoms with van der Waals surface area (Å²) in [6, 6.07) is 8.74. The molecule has 0 saturated carbocycles. The largest absolute Gasteiger partial charge is 0.493 e. The van der Waals surface area contributed by atoms with E-state index in [2.05, 4.69) is 10.3 Å². The fraction of sp³-hybridized carbons (Fsp3) is 0.267. The van der Waals surface area contributed by atoms with Gasteiger partial charge in [-0.25, -0.2) is 4.39 Å². The molecule has 0 bridgehead atoms. The molecular weight excluding hydrogens is 243 g/mol. The molecule has 3 nitrogen and oxygen atoms in total. The molecule has 0 radical (unpaired) electrons. The molecule has 0 saturated heterocycles. The molecule has 0 aliphatic carbocycles. The minimum Gasteiger partial charge on any atom is -0.493 e. The van der Waals surface area contributed by atoms with Gasteiger partial charge in [0.25, 0.3) is 0 Å². The van der Waals surface area contributed by atoms with E-state index in [0.29, 0.717) is 13.2 Å². The van der Waals surface area contributed by atoms with Crippen molar-refractivity contribution < 1.29 is 9.13 Å². The maximum absolute atomic E-state index is 13.3. The first-order valence-corrected chi connectivity index (χ1v) is 6.37. The average molecular weight is 258 g/mol. The zero-order chi connectivity index (χ0) is 13.1. The van der Waals surface area contributed by atoms with Crippen LogP contribution in [0.15, 0.2) is 42.7 Å². The first-order valence-electron chi connectivity index (χ1n) is 6.37. The molecule has 0 fully saturated rings. The van der Waals surface area contributed by atoms with Crippen molar-refractivity contribution in [1.29, 1.82) is 0 Å². The van der Waals surface area contributed by atoms with Crippen molar-refractivity contribution in [2.75, 3.05) is 6.61 Å². The minimum atomic E-state index is -0.225. The zero-order valence-corrected chi connectivity index (χ0v) is 10.5. The van der Waals surface area contributed by atoms with Crippen LogP contribution in [0.2, 0.25) is 0 Å². The lowest BCUT2D eigenvalue weighted by Crippen LogP contribution is -2.26. The van der Waals surface area contributed by atoms with E-state index in [1.165, 1.54) is 6.07 Å². The van der Waals surface area contributed by atoms with Crippen molar-refractivity contribution >= 4 is 0 Å². The van der Waals surface area contributed by atoms with Crippen LogP contribution in [0.1, 0.15) is 23.6 Å². The number of aromatic nitrogens is 1.